The van der Waals surface area contributed by atoms with Crippen LogP contribution in [0.15, 0.2) is 11.6 Å². The topological polar surface area (TPSA) is 136 Å². The van der Waals surface area contributed by atoms with E-state index in [9.17, 15) is 19.8 Å². The third-order valence-electron chi connectivity index (χ3n) is 0.656. The van der Waals surface area contributed by atoms with Crippen molar-refractivity contribution >= 4 is 11.9 Å². The Morgan fingerprint density at radius 2 is 1.40 bits per heavy atom. The minimum Gasteiger partial charge on any atom is -0.545 e. The molecule has 6 nitrogen and oxygen atoms in total. The highest BCUT2D eigenvalue weighted by molar-refractivity contribution is 5.92. The lowest BCUT2D eigenvalue weighted by atomic mass is 10.3. The highest BCUT2D eigenvalue weighted by Crippen LogP contribution is 1.86. The maximum absolute atomic E-state index is 9.76. The standard InChI is InChI=1S/C5H6O4.2C2H7N/c1-3(5(8)9)2-4(6)7;2*1-2-3/h2H,1H3,(H,6,7)(H,8,9);2*2-3H2,1H3/b3-2+;;. The van der Waals surface area contributed by atoms with E-state index in [0.717, 1.165) is 20.0 Å². The van der Waals surface area contributed by atoms with Gasteiger partial charge in [0.2, 0.25) is 0 Å². The van der Waals surface area contributed by atoms with Crippen LogP contribution in [-0.2, 0) is 9.59 Å². The molecule has 0 saturated heterocycles. The van der Waals surface area contributed by atoms with E-state index >= 15 is 0 Å². The van der Waals surface area contributed by atoms with Crippen LogP contribution in [0.4, 0.5) is 0 Å². The molecule has 0 saturated carbocycles. The molecule has 0 fully saturated rings. The van der Waals surface area contributed by atoms with E-state index in [4.69, 9.17) is 0 Å². The molecule has 90 valence electrons. The second kappa shape index (κ2) is 15.1. The molecule has 0 radical (unpaired) electrons. The van der Waals surface area contributed by atoms with E-state index < -0.39 is 11.9 Å². The van der Waals surface area contributed by atoms with Gasteiger partial charge in [0, 0.05) is 0 Å². The van der Waals surface area contributed by atoms with Crippen LogP contribution in [0, 0.1) is 0 Å². The summed E-state index contributed by atoms with van der Waals surface area (Å²) in [4.78, 5) is 19.4. The molecule has 0 atom stereocenters. The van der Waals surface area contributed by atoms with E-state index in [1.54, 1.807) is 0 Å². The summed E-state index contributed by atoms with van der Waals surface area (Å²) in [5, 5.41) is 19.4. The average Bonchev–Trinajstić information content (AvgIpc) is 2.05. The fraction of sp³-hybridized carbons (Fsp3) is 0.556. The van der Waals surface area contributed by atoms with Gasteiger partial charge in [0.15, 0.2) is 0 Å². The quantitative estimate of drug-likeness (QED) is 0.457. The lowest BCUT2D eigenvalue weighted by Gasteiger charge is -2.00. The van der Waals surface area contributed by atoms with Crippen molar-refractivity contribution in [3.05, 3.63) is 11.6 Å². The molecule has 0 spiro atoms. The number of carbonyl (C=O) groups is 2. The van der Waals surface area contributed by atoms with Gasteiger partial charge in [0.25, 0.3) is 0 Å². The van der Waals surface area contributed by atoms with E-state index in [1.165, 1.54) is 0 Å². The summed E-state index contributed by atoms with van der Waals surface area (Å²) < 4.78 is 0. The normalized spacial score (nSPS) is 9.00. The fourth-order valence-electron chi connectivity index (χ4n) is 0.236. The van der Waals surface area contributed by atoms with E-state index in [0.29, 0.717) is 6.08 Å². The second-order valence-electron chi connectivity index (χ2n) is 2.43. The third-order valence-corrected chi connectivity index (χ3v) is 0.656. The van der Waals surface area contributed by atoms with Crippen molar-refractivity contribution in [2.45, 2.75) is 20.8 Å². The van der Waals surface area contributed by atoms with Gasteiger partial charge in [-0.2, -0.15) is 0 Å². The van der Waals surface area contributed by atoms with Crippen LogP contribution < -0.4 is 21.7 Å². The van der Waals surface area contributed by atoms with E-state index in [2.05, 4.69) is 11.5 Å². The molecule has 15 heavy (non-hydrogen) atoms. The van der Waals surface area contributed by atoms with Gasteiger partial charge in [-0.3, -0.25) is 0 Å². The van der Waals surface area contributed by atoms with Crippen LogP contribution in [0.25, 0.3) is 0 Å². The van der Waals surface area contributed by atoms with Crippen molar-refractivity contribution in [2.75, 3.05) is 13.1 Å². The average molecular weight is 220 g/mol. The van der Waals surface area contributed by atoms with Crippen LogP contribution in [-0.4, -0.2) is 25.0 Å². The monoisotopic (exact) mass is 220 g/mol. The molecular weight excluding hydrogens is 200 g/mol. The Morgan fingerprint density at radius 3 is 1.47 bits per heavy atom. The Balaban J connectivity index is -0.000000200. The summed E-state index contributed by atoms with van der Waals surface area (Å²) in [6.07, 6.45) is 0.468. The zero-order valence-corrected chi connectivity index (χ0v) is 9.54. The Kier molecular flexibility index (Phi) is 19.3. The largest absolute Gasteiger partial charge is 0.545 e. The predicted octanol–water partition coefficient (Wildman–Crippen LogP) is -4.07. The molecule has 0 aliphatic heterocycles. The Hall–Kier alpha value is -1.40. The highest BCUT2D eigenvalue weighted by Gasteiger charge is 1.86. The van der Waals surface area contributed by atoms with Gasteiger partial charge < -0.3 is 31.3 Å². The number of aliphatic carboxylic acids is 2. The number of hydrogen-bond donors (Lipinski definition) is 2. The molecule has 0 heterocycles. The van der Waals surface area contributed by atoms with Crippen LogP contribution in [0.2, 0.25) is 0 Å². The molecule has 0 amide bonds. The van der Waals surface area contributed by atoms with Gasteiger partial charge in [-0.15, -0.1) is 0 Å². The minimum atomic E-state index is -1.53. The first-order valence-electron chi connectivity index (χ1n) is 4.56. The summed E-state index contributed by atoms with van der Waals surface area (Å²) in [6, 6.07) is 0. The minimum absolute atomic E-state index is 0.352. The molecule has 0 aliphatic rings. The summed E-state index contributed by atoms with van der Waals surface area (Å²) in [7, 11) is 0. The number of rotatable bonds is 2. The van der Waals surface area contributed by atoms with Crippen molar-refractivity contribution in [1.29, 1.82) is 0 Å². The zero-order valence-electron chi connectivity index (χ0n) is 9.54. The Labute approximate surface area is 89.6 Å². The molecule has 0 unspecified atom stereocenters. The number of carboxylic acids is 2. The van der Waals surface area contributed by atoms with Crippen molar-refractivity contribution in [1.82, 2.24) is 0 Å². The van der Waals surface area contributed by atoms with Crippen LogP contribution >= 0.6 is 0 Å². The lowest BCUT2D eigenvalue weighted by Crippen LogP contribution is -2.48. The van der Waals surface area contributed by atoms with Crippen LogP contribution in [0.5, 0.6) is 0 Å². The molecule has 6 heteroatoms. The summed E-state index contributed by atoms with van der Waals surface area (Å²) in [6.45, 7) is 7.14. The number of carboxylic acid groups (broad SMARTS) is 2. The summed E-state index contributed by atoms with van der Waals surface area (Å²) in [5.74, 6) is -3.03. The van der Waals surface area contributed by atoms with Gasteiger partial charge in [0.05, 0.1) is 25.0 Å². The van der Waals surface area contributed by atoms with Crippen LogP contribution in [0.1, 0.15) is 20.8 Å². The fourth-order valence-corrected chi connectivity index (χ4v) is 0.236. The first-order valence-corrected chi connectivity index (χ1v) is 4.56. The molecule has 0 bridgehead atoms. The van der Waals surface area contributed by atoms with E-state index in [1.807, 2.05) is 13.8 Å². The van der Waals surface area contributed by atoms with Crippen molar-refractivity contribution < 1.29 is 31.3 Å². The smallest absolute Gasteiger partial charge is 0.0711 e. The SMILES string of the molecule is C/C(=C\C(=O)[O-])C(=O)[O-].CC[NH3+].CC[NH3+]. The van der Waals surface area contributed by atoms with E-state index in [-0.39, 0.29) is 5.57 Å². The summed E-state index contributed by atoms with van der Waals surface area (Å²) in [5.41, 5.74) is 6.62. The van der Waals surface area contributed by atoms with Gasteiger partial charge in [0.1, 0.15) is 0 Å². The number of quaternary nitrogens is 2. The molecule has 0 aromatic heterocycles. The van der Waals surface area contributed by atoms with Gasteiger partial charge in [-0.1, -0.05) is 0 Å². The maximum Gasteiger partial charge on any atom is 0.0711 e. The lowest BCUT2D eigenvalue weighted by molar-refractivity contribution is -0.362. The van der Waals surface area contributed by atoms with Crippen molar-refractivity contribution in [2.24, 2.45) is 0 Å². The van der Waals surface area contributed by atoms with Crippen molar-refractivity contribution in [3.63, 3.8) is 0 Å². The van der Waals surface area contributed by atoms with Crippen molar-refractivity contribution in [3.8, 4) is 0 Å². The van der Waals surface area contributed by atoms with Gasteiger partial charge in [-0.05, 0) is 32.4 Å². The molecule has 6 N–H and O–H groups in total. The first kappa shape index (κ1) is 19.2. The highest BCUT2D eigenvalue weighted by atomic mass is 16.4. The molecule has 0 rings (SSSR count). The predicted molar refractivity (Wildman–Crippen MR) is 50.6 cm³/mol. The molecule has 0 aromatic rings. The molecule has 0 aliphatic carbocycles. The summed E-state index contributed by atoms with van der Waals surface area (Å²) >= 11 is 0. The molecular formula is C9H20N2O4. The maximum atomic E-state index is 9.76. The third kappa shape index (κ3) is 32.5. The number of hydrogen-bond acceptors (Lipinski definition) is 4. The molecule has 0 aromatic carbocycles. The first-order chi connectivity index (χ1) is 6.87. The Bertz CT molecular complexity index is 200. The van der Waals surface area contributed by atoms with Crippen LogP contribution in [0.3, 0.4) is 0 Å². The Morgan fingerprint density at radius 1 is 1.13 bits per heavy atom. The number of carbonyl (C=O) groups excluding carboxylic acids is 2. The zero-order chi connectivity index (χ0) is 12.9. The van der Waals surface area contributed by atoms with Gasteiger partial charge in [-0.25, -0.2) is 0 Å². The van der Waals surface area contributed by atoms with Gasteiger partial charge >= 0.3 is 0 Å². The second-order valence-corrected chi connectivity index (χ2v) is 2.43.